The molecule has 5 heteroatoms. The van der Waals surface area contributed by atoms with Crippen LogP contribution in [0.25, 0.3) is 16.6 Å². The van der Waals surface area contributed by atoms with E-state index in [0.29, 0.717) is 25.2 Å². The van der Waals surface area contributed by atoms with Crippen LogP contribution in [0.15, 0.2) is 36.2 Å². The standard InChI is InChI=1S/C25H27F5/c1-3-5-6-7-18-14-17-12-13-19(23(28)20(17)25(30)22(18)27)24(29)21(26)16-10-8-15(4-2)9-11-16/h3,5,12-16H,4,6-11H2,1-2H3/b5-3+,24-21?. The van der Waals surface area contributed by atoms with Gasteiger partial charge in [0.15, 0.2) is 17.5 Å². The molecule has 30 heavy (non-hydrogen) atoms. The van der Waals surface area contributed by atoms with Crippen LogP contribution in [0.2, 0.25) is 0 Å². The van der Waals surface area contributed by atoms with Crippen LogP contribution in [-0.4, -0.2) is 0 Å². The molecule has 162 valence electrons. The summed E-state index contributed by atoms with van der Waals surface area (Å²) in [6.07, 6.45) is 8.02. The van der Waals surface area contributed by atoms with Gasteiger partial charge in [-0.1, -0.05) is 31.6 Å². The Bertz CT molecular complexity index is 965. The van der Waals surface area contributed by atoms with Gasteiger partial charge in [-0.3, -0.25) is 0 Å². The highest BCUT2D eigenvalue weighted by atomic mass is 19.2. The van der Waals surface area contributed by atoms with Crippen LogP contribution in [0.5, 0.6) is 0 Å². The molecule has 0 amide bonds. The summed E-state index contributed by atoms with van der Waals surface area (Å²) in [6.45, 7) is 3.90. The quantitative estimate of drug-likeness (QED) is 0.323. The first-order chi connectivity index (χ1) is 14.4. The zero-order chi connectivity index (χ0) is 21.8. The number of benzene rings is 2. The molecule has 1 fully saturated rings. The van der Waals surface area contributed by atoms with Crippen LogP contribution in [-0.2, 0) is 6.42 Å². The molecule has 1 saturated carbocycles. The molecule has 1 aliphatic rings. The number of hydrogen-bond acceptors (Lipinski definition) is 0. The van der Waals surface area contributed by atoms with E-state index in [-0.39, 0.29) is 17.4 Å². The minimum Gasteiger partial charge on any atom is -0.208 e. The molecule has 2 aromatic carbocycles. The third-order valence-electron chi connectivity index (χ3n) is 6.24. The van der Waals surface area contributed by atoms with E-state index < -0.39 is 46.0 Å². The summed E-state index contributed by atoms with van der Waals surface area (Å²) in [5.41, 5.74) is -0.530. The van der Waals surface area contributed by atoms with Gasteiger partial charge in [-0.2, -0.15) is 0 Å². The van der Waals surface area contributed by atoms with Gasteiger partial charge in [-0.05, 0) is 74.4 Å². The van der Waals surface area contributed by atoms with E-state index in [1.54, 1.807) is 6.08 Å². The maximum absolute atomic E-state index is 15.0. The Morgan fingerprint density at radius 1 is 1.00 bits per heavy atom. The zero-order valence-electron chi connectivity index (χ0n) is 17.4. The Labute approximate surface area is 174 Å². The lowest BCUT2D eigenvalue weighted by Gasteiger charge is -2.27. The van der Waals surface area contributed by atoms with E-state index >= 15 is 0 Å². The molecule has 0 saturated heterocycles. The topological polar surface area (TPSA) is 0 Å². The molecule has 0 N–H and O–H groups in total. The molecule has 0 nitrogen and oxygen atoms in total. The number of allylic oxidation sites excluding steroid dienone is 3. The van der Waals surface area contributed by atoms with Crippen LogP contribution >= 0.6 is 0 Å². The first kappa shape index (κ1) is 22.5. The van der Waals surface area contributed by atoms with E-state index in [9.17, 15) is 22.0 Å². The summed E-state index contributed by atoms with van der Waals surface area (Å²) in [4.78, 5) is 0. The third-order valence-corrected chi connectivity index (χ3v) is 6.24. The average molecular weight is 422 g/mol. The predicted octanol–water partition coefficient (Wildman–Crippen LogP) is 8.59. The van der Waals surface area contributed by atoms with Crippen molar-refractivity contribution in [3.8, 4) is 0 Å². The summed E-state index contributed by atoms with van der Waals surface area (Å²) < 4.78 is 73.7. The Morgan fingerprint density at radius 3 is 2.33 bits per heavy atom. The average Bonchev–Trinajstić information content (AvgIpc) is 2.76. The van der Waals surface area contributed by atoms with Crippen LogP contribution in [0.1, 0.15) is 63.5 Å². The number of hydrogen-bond donors (Lipinski definition) is 0. The molecule has 0 aliphatic heterocycles. The van der Waals surface area contributed by atoms with Crippen LogP contribution in [0.4, 0.5) is 22.0 Å². The summed E-state index contributed by atoms with van der Waals surface area (Å²) in [7, 11) is 0. The SMILES string of the molecule is C/C=C/CCc1cc2ccc(C(F)=C(F)C3CCC(CC)CC3)c(F)c2c(F)c1F. The maximum atomic E-state index is 15.0. The van der Waals surface area contributed by atoms with Crippen molar-refractivity contribution in [2.75, 3.05) is 0 Å². The lowest BCUT2D eigenvalue weighted by molar-refractivity contribution is 0.268. The summed E-state index contributed by atoms with van der Waals surface area (Å²) >= 11 is 0. The fourth-order valence-corrected chi connectivity index (χ4v) is 4.33. The molecule has 0 heterocycles. The van der Waals surface area contributed by atoms with E-state index in [4.69, 9.17) is 0 Å². The van der Waals surface area contributed by atoms with E-state index in [0.717, 1.165) is 25.3 Å². The molecule has 0 bridgehead atoms. The molecule has 0 radical (unpaired) electrons. The molecular formula is C25H27F5. The van der Waals surface area contributed by atoms with Crippen LogP contribution in [0, 0.1) is 29.3 Å². The van der Waals surface area contributed by atoms with Gasteiger partial charge in [0.2, 0.25) is 0 Å². The Morgan fingerprint density at radius 2 is 1.70 bits per heavy atom. The molecule has 0 aromatic heterocycles. The van der Waals surface area contributed by atoms with E-state index in [1.807, 2.05) is 13.0 Å². The number of aryl methyl sites for hydroxylation is 1. The Kier molecular flexibility index (Phi) is 7.32. The highest BCUT2D eigenvalue weighted by Gasteiger charge is 2.28. The predicted molar refractivity (Wildman–Crippen MR) is 112 cm³/mol. The molecule has 0 atom stereocenters. The number of fused-ring (bicyclic) bond motifs is 1. The normalized spacial score (nSPS) is 20.8. The molecule has 2 aromatic rings. The van der Waals surface area contributed by atoms with Gasteiger partial charge in [0.25, 0.3) is 0 Å². The Balaban J connectivity index is 1.98. The second-order valence-electron chi connectivity index (χ2n) is 8.08. The first-order valence-electron chi connectivity index (χ1n) is 10.6. The van der Waals surface area contributed by atoms with Crippen molar-refractivity contribution >= 4 is 16.6 Å². The number of rotatable bonds is 6. The second kappa shape index (κ2) is 9.76. The monoisotopic (exact) mass is 422 g/mol. The van der Waals surface area contributed by atoms with Gasteiger partial charge in [-0.25, -0.2) is 22.0 Å². The fourth-order valence-electron chi connectivity index (χ4n) is 4.33. The maximum Gasteiger partial charge on any atom is 0.169 e. The summed E-state index contributed by atoms with van der Waals surface area (Å²) in [5.74, 6) is -6.17. The lowest BCUT2D eigenvalue weighted by Crippen LogP contribution is -2.15. The van der Waals surface area contributed by atoms with Crippen molar-refractivity contribution in [3.05, 3.63) is 64.8 Å². The lowest BCUT2D eigenvalue weighted by atomic mass is 9.80. The smallest absolute Gasteiger partial charge is 0.169 e. The molecule has 1 aliphatic carbocycles. The summed E-state index contributed by atoms with van der Waals surface area (Å²) in [6, 6.07) is 3.79. The van der Waals surface area contributed by atoms with Crippen LogP contribution < -0.4 is 0 Å². The second-order valence-corrected chi connectivity index (χ2v) is 8.08. The first-order valence-corrected chi connectivity index (χ1v) is 10.6. The molecular weight excluding hydrogens is 395 g/mol. The van der Waals surface area contributed by atoms with Crippen molar-refractivity contribution < 1.29 is 22.0 Å². The van der Waals surface area contributed by atoms with E-state index in [1.165, 1.54) is 12.1 Å². The minimum absolute atomic E-state index is 0.125. The fraction of sp³-hybridized carbons (Fsp3) is 0.440. The van der Waals surface area contributed by atoms with Gasteiger partial charge in [0, 0.05) is 11.5 Å². The van der Waals surface area contributed by atoms with Crippen molar-refractivity contribution in [2.45, 2.75) is 58.8 Å². The Hall–Kier alpha value is -2.17. The summed E-state index contributed by atoms with van der Waals surface area (Å²) in [5, 5.41) is -0.514. The van der Waals surface area contributed by atoms with Gasteiger partial charge in [-0.15, -0.1) is 0 Å². The van der Waals surface area contributed by atoms with Crippen molar-refractivity contribution in [1.82, 2.24) is 0 Å². The molecule has 0 spiro atoms. The van der Waals surface area contributed by atoms with Crippen molar-refractivity contribution in [1.29, 1.82) is 0 Å². The van der Waals surface area contributed by atoms with E-state index in [2.05, 4.69) is 6.92 Å². The number of halogens is 5. The minimum atomic E-state index is -1.36. The van der Waals surface area contributed by atoms with Crippen LogP contribution in [0.3, 0.4) is 0 Å². The third kappa shape index (κ3) is 4.45. The largest absolute Gasteiger partial charge is 0.208 e. The van der Waals surface area contributed by atoms with Gasteiger partial charge < -0.3 is 0 Å². The molecule has 0 unspecified atom stereocenters. The van der Waals surface area contributed by atoms with Crippen molar-refractivity contribution in [2.24, 2.45) is 11.8 Å². The highest BCUT2D eigenvalue weighted by molar-refractivity contribution is 5.88. The molecule has 3 rings (SSSR count). The zero-order valence-corrected chi connectivity index (χ0v) is 17.4. The van der Waals surface area contributed by atoms with Gasteiger partial charge in [0.1, 0.15) is 11.6 Å². The van der Waals surface area contributed by atoms with Gasteiger partial charge in [0.05, 0.1) is 5.39 Å². The highest BCUT2D eigenvalue weighted by Crippen LogP contribution is 2.40. The van der Waals surface area contributed by atoms with Crippen molar-refractivity contribution in [3.63, 3.8) is 0 Å². The van der Waals surface area contributed by atoms with Gasteiger partial charge >= 0.3 is 0 Å².